The standard InChI is InChI=1S/C36H29N3O2/c1-36(2)27-13-7-8-14-30(27)39(34-21-24(18-19-37-34)23-10-5-4-6-11-23)31-20-25(16-17-28(31)36)29-22-33(41-3)26-12-9-15-32(40)35(26)38-29/h4-22,40H,1-3H3. The van der Waals surface area contributed by atoms with Crippen molar-refractivity contribution in [2.75, 3.05) is 12.0 Å². The van der Waals surface area contributed by atoms with Gasteiger partial charge in [0.2, 0.25) is 0 Å². The van der Waals surface area contributed by atoms with Gasteiger partial charge in [0.25, 0.3) is 0 Å². The summed E-state index contributed by atoms with van der Waals surface area (Å²) in [6.45, 7) is 4.54. The highest BCUT2D eigenvalue weighted by Crippen LogP contribution is 2.52. The Labute approximate surface area is 239 Å². The normalized spacial score (nSPS) is 13.5. The first-order valence-electron chi connectivity index (χ1n) is 13.7. The third-order valence-corrected chi connectivity index (χ3v) is 8.11. The maximum atomic E-state index is 10.6. The van der Waals surface area contributed by atoms with Gasteiger partial charge in [-0.3, -0.25) is 4.90 Å². The quantitative estimate of drug-likeness (QED) is 0.244. The zero-order valence-electron chi connectivity index (χ0n) is 23.2. The van der Waals surface area contributed by atoms with Crippen molar-refractivity contribution in [1.29, 1.82) is 0 Å². The van der Waals surface area contributed by atoms with Gasteiger partial charge in [0.1, 0.15) is 22.8 Å². The highest BCUT2D eigenvalue weighted by atomic mass is 16.5. The van der Waals surface area contributed by atoms with Crippen LogP contribution in [0.5, 0.6) is 11.5 Å². The molecule has 5 nitrogen and oxygen atoms in total. The lowest BCUT2D eigenvalue weighted by atomic mass is 9.73. The molecule has 0 unspecified atom stereocenters. The molecule has 6 aromatic rings. The molecule has 0 radical (unpaired) electrons. The van der Waals surface area contributed by atoms with Gasteiger partial charge < -0.3 is 9.84 Å². The molecule has 7 rings (SSSR count). The second kappa shape index (κ2) is 9.49. The second-order valence-electron chi connectivity index (χ2n) is 10.9. The van der Waals surface area contributed by atoms with Crippen LogP contribution in [0.25, 0.3) is 33.3 Å². The Kier molecular flexibility index (Phi) is 5.75. The first kappa shape index (κ1) is 24.9. The van der Waals surface area contributed by atoms with E-state index in [1.54, 1.807) is 19.2 Å². The largest absolute Gasteiger partial charge is 0.506 e. The fourth-order valence-electron chi connectivity index (χ4n) is 5.99. The monoisotopic (exact) mass is 535 g/mol. The summed E-state index contributed by atoms with van der Waals surface area (Å²) in [6, 6.07) is 36.9. The molecule has 0 spiro atoms. The number of nitrogens with zero attached hydrogens (tertiary/aromatic N) is 3. The molecule has 1 aliphatic rings. The number of hydrogen-bond donors (Lipinski definition) is 1. The van der Waals surface area contributed by atoms with Crippen LogP contribution in [0.4, 0.5) is 17.2 Å². The van der Waals surface area contributed by atoms with Crippen LogP contribution in [0.15, 0.2) is 115 Å². The van der Waals surface area contributed by atoms with Gasteiger partial charge in [-0.2, -0.15) is 0 Å². The number of benzene rings is 4. The molecule has 5 heteroatoms. The van der Waals surface area contributed by atoms with Gasteiger partial charge >= 0.3 is 0 Å². The van der Waals surface area contributed by atoms with Crippen molar-refractivity contribution in [2.45, 2.75) is 19.3 Å². The van der Waals surface area contributed by atoms with E-state index in [2.05, 4.69) is 91.5 Å². The van der Waals surface area contributed by atoms with Crippen molar-refractivity contribution in [2.24, 2.45) is 0 Å². The van der Waals surface area contributed by atoms with Crippen LogP contribution in [0, 0.1) is 0 Å². The Morgan fingerprint density at radius 3 is 2.32 bits per heavy atom. The number of hydrogen-bond acceptors (Lipinski definition) is 5. The van der Waals surface area contributed by atoms with Gasteiger partial charge in [-0.05, 0) is 58.7 Å². The number of anilines is 3. The van der Waals surface area contributed by atoms with E-state index in [1.165, 1.54) is 11.1 Å². The lowest BCUT2D eigenvalue weighted by molar-refractivity contribution is 0.419. The Morgan fingerprint density at radius 1 is 0.707 bits per heavy atom. The first-order valence-corrected chi connectivity index (χ1v) is 13.7. The van der Waals surface area contributed by atoms with Crippen LogP contribution >= 0.6 is 0 Å². The van der Waals surface area contributed by atoms with Crippen molar-refractivity contribution in [3.05, 3.63) is 127 Å². The number of pyridine rings is 2. The summed E-state index contributed by atoms with van der Waals surface area (Å²) in [5.74, 6) is 1.63. The van der Waals surface area contributed by atoms with E-state index in [0.29, 0.717) is 11.3 Å². The van der Waals surface area contributed by atoms with Crippen LogP contribution in [0.3, 0.4) is 0 Å². The van der Waals surface area contributed by atoms with Crippen LogP contribution in [0.1, 0.15) is 25.0 Å². The van der Waals surface area contributed by atoms with Gasteiger partial charge in [-0.15, -0.1) is 0 Å². The van der Waals surface area contributed by atoms with E-state index < -0.39 is 0 Å². The highest BCUT2D eigenvalue weighted by molar-refractivity contribution is 5.93. The van der Waals surface area contributed by atoms with E-state index in [9.17, 15) is 5.11 Å². The molecule has 41 heavy (non-hydrogen) atoms. The van der Waals surface area contributed by atoms with Crippen molar-refractivity contribution < 1.29 is 9.84 Å². The fraction of sp³-hybridized carbons (Fsp3) is 0.111. The van der Waals surface area contributed by atoms with Gasteiger partial charge in [0.05, 0.1) is 24.2 Å². The Morgan fingerprint density at radius 2 is 1.49 bits per heavy atom. The van der Waals surface area contributed by atoms with Crippen molar-refractivity contribution in [3.8, 4) is 33.9 Å². The smallest absolute Gasteiger partial charge is 0.141 e. The molecular weight excluding hydrogens is 506 g/mol. The molecular formula is C36H29N3O2. The van der Waals surface area contributed by atoms with E-state index >= 15 is 0 Å². The van der Waals surface area contributed by atoms with Crippen molar-refractivity contribution in [3.63, 3.8) is 0 Å². The molecule has 3 heterocycles. The molecule has 0 aliphatic carbocycles. The molecule has 1 N–H and O–H groups in total. The molecule has 0 amide bonds. The summed E-state index contributed by atoms with van der Waals surface area (Å²) in [7, 11) is 1.64. The van der Waals surface area contributed by atoms with Crippen LogP contribution < -0.4 is 9.64 Å². The third kappa shape index (κ3) is 4.01. The van der Waals surface area contributed by atoms with Gasteiger partial charge in [0, 0.05) is 28.6 Å². The number of methoxy groups -OCH3 is 1. The summed E-state index contributed by atoms with van der Waals surface area (Å²) in [4.78, 5) is 12.0. The summed E-state index contributed by atoms with van der Waals surface area (Å²) in [5.41, 5.74) is 8.75. The minimum atomic E-state index is -0.231. The lowest BCUT2D eigenvalue weighted by Crippen LogP contribution is -2.31. The number of fused-ring (bicyclic) bond motifs is 3. The predicted octanol–water partition coefficient (Wildman–Crippen LogP) is 8.79. The maximum absolute atomic E-state index is 10.6. The summed E-state index contributed by atoms with van der Waals surface area (Å²) >= 11 is 0. The number of rotatable bonds is 4. The summed E-state index contributed by atoms with van der Waals surface area (Å²) < 4.78 is 5.71. The number of aromatic hydroxyl groups is 1. The molecule has 0 atom stereocenters. The highest BCUT2D eigenvalue weighted by Gasteiger charge is 2.37. The van der Waals surface area contributed by atoms with E-state index in [4.69, 9.17) is 14.7 Å². The van der Waals surface area contributed by atoms with E-state index in [1.807, 2.05) is 30.5 Å². The maximum Gasteiger partial charge on any atom is 0.141 e. The third-order valence-electron chi connectivity index (χ3n) is 8.11. The number of aromatic nitrogens is 2. The molecule has 0 saturated carbocycles. The molecule has 2 aromatic heterocycles. The lowest BCUT2D eigenvalue weighted by Gasteiger charge is -2.41. The van der Waals surface area contributed by atoms with Gasteiger partial charge in [0.15, 0.2) is 0 Å². The number of phenols is 1. The first-order chi connectivity index (χ1) is 20.0. The topological polar surface area (TPSA) is 58.5 Å². The minimum Gasteiger partial charge on any atom is -0.506 e. The summed E-state index contributed by atoms with van der Waals surface area (Å²) in [6.07, 6.45) is 1.88. The molecule has 4 aromatic carbocycles. The molecule has 1 aliphatic heterocycles. The Bertz CT molecular complexity index is 1930. The zero-order chi connectivity index (χ0) is 28.1. The molecule has 0 bridgehead atoms. The molecule has 0 fully saturated rings. The summed E-state index contributed by atoms with van der Waals surface area (Å²) in [5, 5.41) is 11.4. The van der Waals surface area contributed by atoms with E-state index in [0.717, 1.165) is 45.0 Å². The average Bonchev–Trinajstić information content (AvgIpc) is 3.01. The number of phenolic OH excluding ortho intramolecular Hbond substituents is 1. The Balaban J connectivity index is 1.46. The average molecular weight is 536 g/mol. The predicted molar refractivity (Wildman–Crippen MR) is 165 cm³/mol. The zero-order valence-corrected chi connectivity index (χ0v) is 23.2. The number of para-hydroxylation sites is 2. The molecule has 0 saturated heterocycles. The second-order valence-corrected chi connectivity index (χ2v) is 10.9. The van der Waals surface area contributed by atoms with E-state index in [-0.39, 0.29) is 11.2 Å². The van der Waals surface area contributed by atoms with Gasteiger partial charge in [-0.1, -0.05) is 80.6 Å². The van der Waals surface area contributed by atoms with Crippen molar-refractivity contribution in [1.82, 2.24) is 9.97 Å². The minimum absolute atomic E-state index is 0.124. The van der Waals surface area contributed by atoms with Crippen LogP contribution in [-0.4, -0.2) is 22.2 Å². The van der Waals surface area contributed by atoms with Crippen LogP contribution in [-0.2, 0) is 5.41 Å². The van der Waals surface area contributed by atoms with Gasteiger partial charge in [-0.25, -0.2) is 9.97 Å². The SMILES string of the molecule is COc1cc(-c2ccc3c(c2)N(c2cc(-c4ccccc4)ccn2)c2ccccc2C3(C)C)nc2c(O)cccc12. The van der Waals surface area contributed by atoms with Crippen molar-refractivity contribution >= 4 is 28.1 Å². The molecule has 200 valence electrons. The fourth-order valence-corrected chi connectivity index (χ4v) is 5.99. The number of ether oxygens (including phenoxy) is 1. The van der Waals surface area contributed by atoms with Crippen LogP contribution in [0.2, 0.25) is 0 Å². The Hall–Kier alpha value is -5.16.